The molecule has 0 fully saturated rings. The normalized spacial score (nSPS) is 10.6. The molecule has 12 rings (SSSR count). The van der Waals surface area contributed by atoms with Crippen molar-refractivity contribution in [3.8, 4) is 33.4 Å². The number of benzene rings is 7. The number of rotatable bonds is 17. The van der Waals surface area contributed by atoms with Gasteiger partial charge in [0.15, 0.2) is 17.1 Å². The topological polar surface area (TPSA) is 234 Å². The molecule has 483 valence electrons. The fourth-order valence-corrected chi connectivity index (χ4v) is 10.2. The largest absolute Gasteiger partial charge is 0.471 e. The Morgan fingerprint density at radius 1 is 0.574 bits per heavy atom. The van der Waals surface area contributed by atoms with Crippen molar-refractivity contribution in [2.45, 2.75) is 66.7 Å². The summed E-state index contributed by atoms with van der Waals surface area (Å²) in [5.74, 6) is -0.696. The van der Waals surface area contributed by atoms with Gasteiger partial charge < -0.3 is 24.7 Å². The zero-order valence-corrected chi connectivity index (χ0v) is 55.7. The molecule has 0 aliphatic rings. The number of aromatic amines is 3. The molecule has 5 heterocycles. The van der Waals surface area contributed by atoms with Crippen LogP contribution in [0.5, 0.6) is 0 Å². The zero-order chi connectivity index (χ0) is 68.3. The Bertz CT molecular complexity index is 4200. The third kappa shape index (κ3) is 21.0. The molecule has 5 aromatic heterocycles. The van der Waals surface area contributed by atoms with Crippen molar-refractivity contribution >= 4 is 54.0 Å². The summed E-state index contributed by atoms with van der Waals surface area (Å²) in [5, 5.41) is 13.3. The van der Waals surface area contributed by atoms with E-state index in [0.717, 1.165) is 90.3 Å². The molecule has 5 N–H and O–H groups in total. The number of aldehydes is 1. The van der Waals surface area contributed by atoms with Gasteiger partial charge in [0, 0.05) is 98.1 Å². The number of carbonyl (C=O) groups is 4. The number of fused-ring (bicyclic) bond motifs is 2. The Morgan fingerprint density at radius 2 is 0.968 bits per heavy atom. The van der Waals surface area contributed by atoms with Gasteiger partial charge in [-0.15, -0.1) is 0 Å². The third-order valence-electron chi connectivity index (χ3n) is 14.4. The Kier molecular flexibility index (Phi) is 28.9. The summed E-state index contributed by atoms with van der Waals surface area (Å²) in [6.45, 7) is 10.7. The number of aromatic nitrogens is 8. The summed E-state index contributed by atoms with van der Waals surface area (Å²) in [7, 11) is 1.31. The second-order valence-electron chi connectivity index (χ2n) is 21.1. The monoisotopic (exact) mass is 1320 g/mol. The first-order valence-corrected chi connectivity index (χ1v) is 30.7. The fourth-order valence-electron chi connectivity index (χ4n) is 9.95. The molecule has 0 aliphatic heterocycles. The van der Waals surface area contributed by atoms with Gasteiger partial charge in [0.05, 0.1) is 20.3 Å². The van der Waals surface area contributed by atoms with E-state index in [0.29, 0.717) is 62.3 Å². The van der Waals surface area contributed by atoms with Gasteiger partial charge in [-0.2, -0.15) is 5.10 Å². The fraction of sp³-hybridized carbons (Fsp3) is 0.187. The number of aryl methyl sites for hydroxylation is 4. The maximum atomic E-state index is 12.8. The van der Waals surface area contributed by atoms with E-state index in [1.54, 1.807) is 17.6 Å². The maximum Gasteiger partial charge on any atom is 0.316 e. The van der Waals surface area contributed by atoms with E-state index >= 15 is 0 Å². The summed E-state index contributed by atoms with van der Waals surface area (Å²) in [5.41, 5.74) is 22.8. The molecule has 12 aromatic rings. The molecule has 1 radical (unpaired) electrons. The Labute approximate surface area is 567 Å². The van der Waals surface area contributed by atoms with Crippen molar-refractivity contribution in [3.05, 3.63) is 290 Å². The first kappa shape index (κ1) is 70.9. The summed E-state index contributed by atoms with van der Waals surface area (Å²) >= 11 is 5.71. The zero-order valence-electron chi connectivity index (χ0n) is 55.5. The van der Waals surface area contributed by atoms with Crippen molar-refractivity contribution < 1.29 is 54.9 Å². The number of methoxy groups -OCH3 is 1. The van der Waals surface area contributed by atoms with Crippen molar-refractivity contribution in [1.29, 1.82) is 0 Å². The number of anilines is 1. The average molecular weight is 1320 g/mol. The van der Waals surface area contributed by atoms with E-state index in [9.17, 15) is 19.2 Å². The van der Waals surface area contributed by atoms with E-state index in [2.05, 4.69) is 61.3 Å². The van der Waals surface area contributed by atoms with E-state index in [1.807, 2.05) is 220 Å². The third-order valence-corrected chi connectivity index (χ3v) is 14.8. The van der Waals surface area contributed by atoms with Crippen LogP contribution >= 0.6 is 12.2 Å². The van der Waals surface area contributed by atoms with Crippen LogP contribution in [-0.4, -0.2) is 84.4 Å². The quantitative estimate of drug-likeness (QED) is 0.0219. The number of nitrogens with one attached hydrogen (secondary N) is 3. The first-order chi connectivity index (χ1) is 46.3. The van der Waals surface area contributed by atoms with Gasteiger partial charge in [0.2, 0.25) is 0 Å². The minimum Gasteiger partial charge on any atom is -0.471 e. The molecule has 0 saturated heterocycles. The van der Waals surface area contributed by atoms with Crippen LogP contribution in [0, 0.1) is 31.3 Å². The van der Waals surface area contributed by atoms with Gasteiger partial charge in [0.1, 0.15) is 16.8 Å². The Balaban J connectivity index is 0.000000217. The summed E-state index contributed by atoms with van der Waals surface area (Å²) in [6.07, 6.45) is 7.25. The molecule has 1 unspecified atom stereocenters. The Morgan fingerprint density at radius 3 is 1.39 bits per heavy atom. The molecule has 94 heavy (non-hydrogen) atoms. The molecule has 7 aromatic carbocycles. The standard InChI is InChI=1S/C20H17N3O.C20H17N3S.C12H14O3.C11H14O2.C10H11N3.C2H4O2.V.H2/c2*1-14-18(16-10-6-3-7-11-16)19-21-13-17(20(24)23(19)22-14)12-15-8-4-2-5-9-15;1-2-15-12(14)11(9-13)8-10-6-4-3-5-7-10;1-2-13-11(12)9-8-10-6-4-3-5-7-10;1-7-9(10(11)13-12-7)8-5-3-2-4-6-8;1-4-2-3;;/h2*2-11,13,22H,12H2,1H3;3-7,9,11H,2,8H2,1H3;3-7H,2,8-9H2,1H3;2-6H,1H3,(H3,11,12,13);2H,1H3;;1H/i;;;;;;;1+1D. The van der Waals surface area contributed by atoms with Crippen LogP contribution in [-0.2, 0) is 77.6 Å². The molecule has 0 bridgehead atoms. The van der Waals surface area contributed by atoms with Gasteiger partial charge >= 0.3 is 11.9 Å². The van der Waals surface area contributed by atoms with Gasteiger partial charge in [-0.3, -0.25) is 34.5 Å². The molecule has 19 heteroatoms. The number of carbonyl (C=O) groups excluding carboxylic acids is 4. The van der Waals surface area contributed by atoms with E-state index in [-0.39, 0.29) is 30.1 Å². The van der Waals surface area contributed by atoms with E-state index in [4.69, 9.17) is 40.2 Å². The minimum absolute atomic E-state index is 0. The van der Waals surface area contributed by atoms with Crippen LogP contribution in [0.2, 0.25) is 0 Å². The number of nitrogens with zero attached hydrogens (tertiary/aromatic N) is 5. The van der Waals surface area contributed by atoms with E-state index < -0.39 is 11.9 Å². The first-order valence-electron chi connectivity index (χ1n) is 31.3. The molecule has 17 nitrogen and oxygen atoms in total. The summed E-state index contributed by atoms with van der Waals surface area (Å²) in [6, 6.07) is 69.9. The van der Waals surface area contributed by atoms with E-state index in [1.165, 1.54) is 18.2 Å². The molecule has 1 atom stereocenters. The number of hydrogen-bond donors (Lipinski definition) is 4. The molecule has 0 aliphatic carbocycles. The molecule has 0 amide bonds. The number of nitrogen functional groups attached to an aromatic ring is 1. The van der Waals surface area contributed by atoms with Crippen molar-refractivity contribution in [2.24, 2.45) is 5.92 Å². The SMILES string of the molecule is CCOC(=O)C(C=O)Cc1ccccc1.CCOC(=O)CCc1ccccc1.COC=O.Cc1[nH]n2c(=O)c(Cc3ccccc3)cnc2c1-c1ccccc1.Cc1[nH]n2c(=S)c(Cc3ccccc3)cnc2c1-c1ccccc1.Cc1[nH]nc(N)c1-c1ccccc1.[2H][2H].[V]. The van der Waals surface area contributed by atoms with Crippen LogP contribution in [0.15, 0.2) is 230 Å². The minimum atomic E-state index is -0.688. The van der Waals surface area contributed by atoms with Crippen molar-refractivity contribution in [1.82, 2.24) is 39.4 Å². The number of hydrogen-bond acceptors (Lipinski definition) is 13. The average Bonchev–Trinajstić information content (AvgIpc) is 1.61. The van der Waals surface area contributed by atoms with Gasteiger partial charge in [-0.05, 0) is 86.4 Å². The number of esters is 2. The second kappa shape index (κ2) is 38.4. The number of ether oxygens (including phenoxy) is 3. The predicted octanol–water partition coefficient (Wildman–Crippen LogP) is 14.3. The predicted molar refractivity (Wildman–Crippen MR) is 371 cm³/mol. The summed E-state index contributed by atoms with van der Waals surface area (Å²) < 4.78 is 27.7. The number of nitrogens with two attached hydrogens (primary N) is 1. The Hall–Kier alpha value is -10.5. The molecular formula is C75H79N9O8SV. The van der Waals surface area contributed by atoms with Gasteiger partial charge in [-0.1, -0.05) is 225 Å². The molecule has 0 saturated carbocycles. The van der Waals surface area contributed by atoms with Gasteiger partial charge in [-0.25, -0.2) is 19.0 Å². The summed E-state index contributed by atoms with van der Waals surface area (Å²) in [4.78, 5) is 64.1. The number of H-pyrrole nitrogens is 3. The smallest absolute Gasteiger partial charge is 0.316 e. The van der Waals surface area contributed by atoms with Crippen LogP contribution in [0.4, 0.5) is 5.82 Å². The second-order valence-corrected chi connectivity index (χ2v) is 21.4. The van der Waals surface area contributed by atoms with Crippen LogP contribution in [0.1, 0.15) is 73.7 Å². The van der Waals surface area contributed by atoms with Gasteiger partial charge in [0.25, 0.3) is 12.0 Å². The maximum absolute atomic E-state index is 12.8. The van der Waals surface area contributed by atoms with Crippen LogP contribution in [0.25, 0.3) is 44.7 Å². The van der Waals surface area contributed by atoms with Crippen LogP contribution < -0.4 is 11.3 Å². The van der Waals surface area contributed by atoms with Crippen molar-refractivity contribution in [3.63, 3.8) is 0 Å². The van der Waals surface area contributed by atoms with Crippen LogP contribution in [0.3, 0.4) is 0 Å². The van der Waals surface area contributed by atoms with Crippen molar-refractivity contribution in [2.75, 3.05) is 26.1 Å². The molecule has 0 spiro atoms. The molecular weight excluding hydrogens is 1240 g/mol.